The van der Waals surface area contributed by atoms with E-state index in [0.29, 0.717) is 18.7 Å². The number of aromatic nitrogens is 2. The molecular formula is C22H23N3O3. The number of aliphatic hydroxyl groups excluding tert-OH is 1. The predicted octanol–water partition coefficient (Wildman–Crippen LogP) is 3.22. The van der Waals surface area contributed by atoms with Gasteiger partial charge in [-0.05, 0) is 55.8 Å². The summed E-state index contributed by atoms with van der Waals surface area (Å²) in [5.41, 5.74) is 3.27. The highest BCUT2D eigenvalue weighted by Gasteiger charge is 2.34. The average molecular weight is 377 g/mol. The summed E-state index contributed by atoms with van der Waals surface area (Å²) < 4.78 is 7.74. The molecule has 28 heavy (non-hydrogen) atoms. The van der Waals surface area contributed by atoms with Gasteiger partial charge in [0.15, 0.2) is 5.78 Å². The number of nitrogens with zero attached hydrogens (tertiary/aromatic N) is 3. The van der Waals surface area contributed by atoms with Crippen LogP contribution < -0.4 is 9.64 Å². The summed E-state index contributed by atoms with van der Waals surface area (Å²) in [4.78, 5) is 14.2. The summed E-state index contributed by atoms with van der Waals surface area (Å²) in [5.74, 6) is 0.455. The smallest absolute Gasteiger partial charge is 0.188 e. The first-order chi connectivity index (χ1) is 13.5. The van der Waals surface area contributed by atoms with E-state index in [2.05, 4.69) is 36.0 Å². The lowest BCUT2D eigenvalue weighted by atomic mass is 9.97. The molecule has 2 heterocycles. The molecule has 3 aromatic rings. The van der Waals surface area contributed by atoms with Crippen LogP contribution in [0.1, 0.15) is 29.8 Å². The maximum atomic E-state index is 12.0. The molecule has 0 radical (unpaired) electrons. The van der Waals surface area contributed by atoms with Crippen molar-refractivity contribution in [2.24, 2.45) is 0 Å². The number of ether oxygens (including phenoxy) is 1. The van der Waals surface area contributed by atoms with Crippen molar-refractivity contribution in [3.8, 4) is 11.4 Å². The maximum absolute atomic E-state index is 12.0. The Labute approximate surface area is 164 Å². The number of fused-ring (bicyclic) bond motifs is 1. The van der Waals surface area contributed by atoms with Crippen LogP contribution in [0.3, 0.4) is 0 Å². The largest absolute Gasteiger partial charge is 0.489 e. The molecule has 1 aliphatic rings. The number of carbonyl (C=O) groups is 1. The molecule has 144 valence electrons. The molecule has 0 saturated carbocycles. The SMILES string of the molecule is CC1(C)COc2ccc(C(=O)CO)cc2N1Cc1ccc(-n2cccn2)cc1. The molecule has 2 aromatic carbocycles. The highest BCUT2D eigenvalue weighted by molar-refractivity contribution is 5.98. The molecule has 6 nitrogen and oxygen atoms in total. The zero-order valence-corrected chi connectivity index (χ0v) is 16.0. The first kappa shape index (κ1) is 18.3. The number of anilines is 1. The van der Waals surface area contributed by atoms with Gasteiger partial charge in [-0.1, -0.05) is 12.1 Å². The molecule has 0 unspecified atom stereocenters. The van der Waals surface area contributed by atoms with Gasteiger partial charge < -0.3 is 14.7 Å². The number of ketones is 1. The molecule has 0 fully saturated rings. The Kier molecular flexibility index (Phi) is 4.65. The monoisotopic (exact) mass is 377 g/mol. The van der Waals surface area contributed by atoms with Crippen molar-refractivity contribution in [1.82, 2.24) is 9.78 Å². The van der Waals surface area contributed by atoms with Crippen LogP contribution >= 0.6 is 0 Å². The van der Waals surface area contributed by atoms with Gasteiger partial charge in [0.25, 0.3) is 0 Å². The summed E-state index contributed by atoms with van der Waals surface area (Å²) in [5, 5.41) is 13.5. The van der Waals surface area contributed by atoms with E-state index in [0.717, 1.165) is 22.7 Å². The Morgan fingerprint density at radius 1 is 1.21 bits per heavy atom. The van der Waals surface area contributed by atoms with Gasteiger partial charge in [-0.2, -0.15) is 5.10 Å². The minimum atomic E-state index is -0.502. The lowest BCUT2D eigenvalue weighted by Crippen LogP contribution is -2.51. The second-order valence-corrected chi connectivity index (χ2v) is 7.57. The Morgan fingerprint density at radius 2 is 2.00 bits per heavy atom. The number of Topliss-reactive ketones (excluding diaryl/α,β-unsaturated/α-hetero) is 1. The number of hydrogen-bond donors (Lipinski definition) is 1. The van der Waals surface area contributed by atoms with Gasteiger partial charge in [-0.25, -0.2) is 4.68 Å². The normalized spacial score (nSPS) is 15.0. The van der Waals surface area contributed by atoms with Gasteiger partial charge >= 0.3 is 0 Å². The second kappa shape index (κ2) is 7.13. The van der Waals surface area contributed by atoms with Crippen molar-refractivity contribution in [2.45, 2.75) is 25.9 Å². The molecule has 0 saturated heterocycles. The third-order valence-corrected chi connectivity index (χ3v) is 5.07. The van der Waals surface area contributed by atoms with E-state index >= 15 is 0 Å². The van der Waals surface area contributed by atoms with Gasteiger partial charge in [0.1, 0.15) is 19.0 Å². The van der Waals surface area contributed by atoms with Gasteiger partial charge in [0, 0.05) is 24.5 Å². The fourth-order valence-corrected chi connectivity index (χ4v) is 3.43. The Hall–Kier alpha value is -3.12. The van der Waals surface area contributed by atoms with E-state index in [1.807, 2.05) is 35.1 Å². The molecule has 1 aliphatic heterocycles. The zero-order valence-electron chi connectivity index (χ0n) is 16.0. The van der Waals surface area contributed by atoms with E-state index in [4.69, 9.17) is 4.74 Å². The summed E-state index contributed by atoms with van der Waals surface area (Å²) >= 11 is 0. The molecular weight excluding hydrogens is 354 g/mol. The molecule has 0 amide bonds. The quantitative estimate of drug-likeness (QED) is 0.692. The van der Waals surface area contributed by atoms with E-state index in [1.165, 1.54) is 0 Å². The summed E-state index contributed by atoms with van der Waals surface area (Å²) in [6.07, 6.45) is 3.67. The van der Waals surface area contributed by atoms with Crippen molar-refractivity contribution >= 4 is 11.5 Å². The molecule has 6 heteroatoms. The number of benzene rings is 2. The van der Waals surface area contributed by atoms with Crippen LogP contribution in [0.15, 0.2) is 60.9 Å². The van der Waals surface area contributed by atoms with Crippen molar-refractivity contribution in [1.29, 1.82) is 0 Å². The lowest BCUT2D eigenvalue weighted by molar-refractivity contribution is 0.0903. The molecule has 1 aromatic heterocycles. The Balaban J connectivity index is 1.65. The van der Waals surface area contributed by atoms with E-state index in [-0.39, 0.29) is 11.3 Å². The van der Waals surface area contributed by atoms with Gasteiger partial charge in [0.2, 0.25) is 0 Å². The molecule has 0 bridgehead atoms. The highest BCUT2D eigenvalue weighted by atomic mass is 16.5. The van der Waals surface area contributed by atoms with Gasteiger partial charge in [0.05, 0.1) is 16.9 Å². The molecule has 0 atom stereocenters. The fourth-order valence-electron chi connectivity index (χ4n) is 3.43. The first-order valence-corrected chi connectivity index (χ1v) is 9.25. The summed E-state index contributed by atoms with van der Waals surface area (Å²) in [7, 11) is 0. The average Bonchev–Trinajstić information content (AvgIpc) is 3.24. The topological polar surface area (TPSA) is 67.6 Å². The van der Waals surface area contributed by atoms with Crippen molar-refractivity contribution in [3.63, 3.8) is 0 Å². The highest BCUT2D eigenvalue weighted by Crippen LogP contribution is 2.39. The minimum Gasteiger partial charge on any atom is -0.489 e. The maximum Gasteiger partial charge on any atom is 0.188 e. The number of rotatable bonds is 5. The van der Waals surface area contributed by atoms with Crippen LogP contribution in [0.2, 0.25) is 0 Å². The number of carbonyl (C=O) groups excluding carboxylic acids is 1. The second-order valence-electron chi connectivity index (χ2n) is 7.57. The van der Waals surface area contributed by atoms with Gasteiger partial charge in [-0.15, -0.1) is 0 Å². The fraction of sp³-hybridized carbons (Fsp3) is 0.273. The van der Waals surface area contributed by atoms with E-state index in [1.54, 1.807) is 18.3 Å². The minimum absolute atomic E-state index is 0.242. The van der Waals surface area contributed by atoms with Crippen LogP contribution in [0.25, 0.3) is 5.69 Å². The molecule has 0 aliphatic carbocycles. The molecule has 1 N–H and O–H groups in total. The van der Waals surface area contributed by atoms with Crippen LogP contribution in [0, 0.1) is 0 Å². The molecule has 0 spiro atoms. The van der Waals surface area contributed by atoms with E-state index in [9.17, 15) is 9.90 Å². The number of aliphatic hydroxyl groups is 1. The Bertz CT molecular complexity index is 979. The van der Waals surface area contributed by atoms with Crippen molar-refractivity contribution < 1.29 is 14.6 Å². The third-order valence-electron chi connectivity index (χ3n) is 5.07. The van der Waals surface area contributed by atoms with Crippen LogP contribution in [0.5, 0.6) is 5.75 Å². The summed E-state index contributed by atoms with van der Waals surface area (Å²) in [6, 6.07) is 15.5. The van der Waals surface area contributed by atoms with Crippen molar-refractivity contribution in [2.75, 3.05) is 18.1 Å². The lowest BCUT2D eigenvalue weighted by Gasteiger charge is -2.44. The van der Waals surface area contributed by atoms with Crippen molar-refractivity contribution in [3.05, 3.63) is 72.1 Å². The number of hydrogen-bond acceptors (Lipinski definition) is 5. The predicted molar refractivity (Wildman–Crippen MR) is 107 cm³/mol. The van der Waals surface area contributed by atoms with Gasteiger partial charge in [-0.3, -0.25) is 4.79 Å². The van der Waals surface area contributed by atoms with Crippen LogP contribution in [-0.4, -0.2) is 39.4 Å². The van der Waals surface area contributed by atoms with E-state index < -0.39 is 6.61 Å². The standard InChI is InChI=1S/C22H23N3O3/c1-22(2)15-28-21-9-6-17(20(27)14-26)12-19(21)24(22)13-16-4-7-18(8-5-16)25-11-3-10-23-25/h3-12,26H,13-15H2,1-2H3. The first-order valence-electron chi connectivity index (χ1n) is 9.25. The van der Waals surface area contributed by atoms with Crippen LogP contribution in [0.4, 0.5) is 5.69 Å². The van der Waals surface area contributed by atoms with Crippen LogP contribution in [-0.2, 0) is 6.54 Å². The summed E-state index contributed by atoms with van der Waals surface area (Å²) in [6.45, 7) is 4.97. The third kappa shape index (κ3) is 3.39. The Morgan fingerprint density at radius 3 is 2.68 bits per heavy atom. The zero-order chi connectivity index (χ0) is 19.7. The molecule has 4 rings (SSSR count).